The van der Waals surface area contributed by atoms with Gasteiger partial charge in [-0.1, -0.05) is 20.3 Å². The van der Waals surface area contributed by atoms with Crippen molar-refractivity contribution in [1.82, 2.24) is 5.32 Å². The zero-order valence-electron chi connectivity index (χ0n) is 8.90. The standard InChI is InChI=1S/C6H12N.C2H6.C2H5.Y/c1-6-3-2-4-7-5-6;2*1-2;/h6-7H,1-5H2;1-2H3;1H2,2H3;/q-1;;-1;/t6-;;;/m0.../s1. The molecule has 1 nitrogen and oxygen atoms in total. The Morgan fingerprint density at radius 3 is 1.92 bits per heavy atom. The summed E-state index contributed by atoms with van der Waals surface area (Å²) in [5.74, 6) is 0.675. The molecule has 1 fully saturated rings. The second-order valence-corrected chi connectivity index (χ2v) is 2.21. The molecule has 0 saturated carbocycles. The maximum absolute atomic E-state index is 3.94. The summed E-state index contributed by atoms with van der Waals surface area (Å²) in [6.45, 7) is 15.3. The van der Waals surface area contributed by atoms with Gasteiger partial charge in [-0.2, -0.15) is 12.8 Å². The Hall–Kier alpha value is 1.06. The molecule has 0 aromatic rings. The Morgan fingerprint density at radius 1 is 1.25 bits per heavy atom. The third-order valence-electron chi connectivity index (χ3n) is 1.40. The van der Waals surface area contributed by atoms with Gasteiger partial charge >= 0.3 is 0 Å². The molecule has 1 heterocycles. The first kappa shape index (κ1) is 18.8. The van der Waals surface area contributed by atoms with E-state index in [4.69, 9.17) is 0 Å². The quantitative estimate of drug-likeness (QED) is 0.648. The minimum absolute atomic E-state index is 0. The fourth-order valence-electron chi connectivity index (χ4n) is 0.924. The van der Waals surface area contributed by atoms with E-state index in [2.05, 4.69) is 19.2 Å². The smallest absolute Gasteiger partial charge is 0 e. The summed E-state index contributed by atoms with van der Waals surface area (Å²) < 4.78 is 0. The fourth-order valence-corrected chi connectivity index (χ4v) is 0.924. The van der Waals surface area contributed by atoms with Crippen LogP contribution >= 0.6 is 0 Å². The first-order chi connectivity index (χ1) is 5.39. The molecule has 1 rings (SSSR count). The van der Waals surface area contributed by atoms with Crippen LogP contribution in [0.25, 0.3) is 0 Å². The molecular weight excluding hydrogens is 223 g/mol. The number of rotatable bonds is 0. The zero-order valence-corrected chi connectivity index (χ0v) is 11.7. The molecule has 1 atom stereocenters. The zero-order chi connectivity index (χ0) is 9.11. The molecule has 12 heavy (non-hydrogen) atoms. The van der Waals surface area contributed by atoms with Gasteiger partial charge in [-0.3, -0.25) is 0 Å². The van der Waals surface area contributed by atoms with Crippen molar-refractivity contribution in [2.45, 2.75) is 33.6 Å². The van der Waals surface area contributed by atoms with Crippen LogP contribution < -0.4 is 5.32 Å². The van der Waals surface area contributed by atoms with Gasteiger partial charge in [0.15, 0.2) is 0 Å². The van der Waals surface area contributed by atoms with Gasteiger partial charge < -0.3 is 19.2 Å². The summed E-state index contributed by atoms with van der Waals surface area (Å²) >= 11 is 0. The van der Waals surface area contributed by atoms with Crippen molar-refractivity contribution in [2.24, 2.45) is 5.92 Å². The second kappa shape index (κ2) is 18.0. The molecule has 0 aromatic carbocycles. The van der Waals surface area contributed by atoms with E-state index in [1.807, 2.05) is 13.8 Å². The van der Waals surface area contributed by atoms with Crippen molar-refractivity contribution in [3.05, 3.63) is 13.8 Å². The number of hydrogen-bond donors (Lipinski definition) is 1. The summed E-state index contributed by atoms with van der Waals surface area (Å²) in [7, 11) is 0. The molecule has 0 bridgehead atoms. The van der Waals surface area contributed by atoms with E-state index in [0.29, 0.717) is 5.92 Å². The maximum atomic E-state index is 3.94. The van der Waals surface area contributed by atoms with E-state index in [-0.39, 0.29) is 32.7 Å². The van der Waals surface area contributed by atoms with E-state index < -0.39 is 0 Å². The van der Waals surface area contributed by atoms with Gasteiger partial charge in [0.2, 0.25) is 0 Å². The average Bonchev–Trinajstić information content (AvgIpc) is 2.13. The Balaban J connectivity index is -0.000000144. The maximum Gasteiger partial charge on any atom is 0 e. The minimum atomic E-state index is 0. The van der Waals surface area contributed by atoms with E-state index >= 15 is 0 Å². The van der Waals surface area contributed by atoms with Gasteiger partial charge in [0.25, 0.3) is 0 Å². The van der Waals surface area contributed by atoms with Gasteiger partial charge in [0.1, 0.15) is 0 Å². The van der Waals surface area contributed by atoms with Crippen molar-refractivity contribution < 1.29 is 32.7 Å². The minimum Gasteiger partial charge on any atom is -0.346 e. The Morgan fingerprint density at radius 2 is 1.75 bits per heavy atom. The van der Waals surface area contributed by atoms with Crippen LogP contribution in [0.5, 0.6) is 0 Å². The van der Waals surface area contributed by atoms with Gasteiger partial charge in [0, 0.05) is 32.7 Å². The van der Waals surface area contributed by atoms with Crippen LogP contribution in [0, 0.1) is 19.8 Å². The summed E-state index contributed by atoms with van der Waals surface area (Å²) in [6.07, 6.45) is 2.63. The predicted molar refractivity (Wildman–Crippen MR) is 53.3 cm³/mol. The van der Waals surface area contributed by atoms with Gasteiger partial charge in [-0.15, -0.1) is 0 Å². The molecule has 2 heteroatoms. The molecule has 1 aliphatic heterocycles. The molecule has 0 aliphatic carbocycles. The SMILES string of the molecule is CC.[CH2-]C.[CH2-][C@H]1CCCNC1.[Y]. The topological polar surface area (TPSA) is 12.0 Å². The summed E-state index contributed by atoms with van der Waals surface area (Å²) in [4.78, 5) is 0. The average molecular weight is 246 g/mol. The summed E-state index contributed by atoms with van der Waals surface area (Å²) in [6, 6.07) is 0. The molecule has 73 valence electrons. The molecule has 1 radical (unpaired) electrons. The molecule has 0 spiro atoms. The molecular formula is C10H23NY-2. The molecule has 1 aliphatic rings. The fraction of sp³-hybridized carbons (Fsp3) is 0.800. The van der Waals surface area contributed by atoms with Crippen molar-refractivity contribution >= 4 is 0 Å². The van der Waals surface area contributed by atoms with E-state index in [1.165, 1.54) is 19.4 Å². The monoisotopic (exact) mass is 246 g/mol. The van der Waals surface area contributed by atoms with Crippen molar-refractivity contribution in [2.75, 3.05) is 13.1 Å². The molecule has 0 unspecified atom stereocenters. The molecule has 1 saturated heterocycles. The second-order valence-electron chi connectivity index (χ2n) is 2.21. The third kappa shape index (κ3) is 13.6. The van der Waals surface area contributed by atoms with Crippen LogP contribution in [0.15, 0.2) is 0 Å². The van der Waals surface area contributed by atoms with Crippen LogP contribution in [-0.4, -0.2) is 13.1 Å². The van der Waals surface area contributed by atoms with Gasteiger partial charge in [-0.25, -0.2) is 0 Å². The van der Waals surface area contributed by atoms with Crippen LogP contribution in [0.4, 0.5) is 0 Å². The first-order valence-corrected chi connectivity index (χ1v) is 4.64. The first-order valence-electron chi connectivity index (χ1n) is 4.64. The van der Waals surface area contributed by atoms with Crippen molar-refractivity contribution in [3.63, 3.8) is 0 Å². The number of piperidine rings is 1. The Labute approximate surface area is 104 Å². The van der Waals surface area contributed by atoms with E-state index in [0.717, 1.165) is 6.54 Å². The van der Waals surface area contributed by atoms with Crippen molar-refractivity contribution in [3.8, 4) is 0 Å². The van der Waals surface area contributed by atoms with Crippen LogP contribution in [0.2, 0.25) is 0 Å². The molecule has 0 aromatic heterocycles. The predicted octanol–water partition coefficient (Wildman–Crippen LogP) is 2.68. The van der Waals surface area contributed by atoms with E-state index in [1.54, 1.807) is 6.92 Å². The largest absolute Gasteiger partial charge is 0.346 e. The number of nitrogens with one attached hydrogen (secondary N) is 1. The van der Waals surface area contributed by atoms with Crippen LogP contribution in [-0.2, 0) is 32.7 Å². The summed E-state index contributed by atoms with van der Waals surface area (Å²) in [5.41, 5.74) is 0. The molecule has 0 amide bonds. The Bertz CT molecular complexity index is 51.8. The normalized spacial score (nSPS) is 20.2. The molecule has 1 N–H and O–H groups in total. The van der Waals surface area contributed by atoms with Crippen LogP contribution in [0.1, 0.15) is 33.6 Å². The van der Waals surface area contributed by atoms with Gasteiger partial charge in [-0.05, 0) is 19.5 Å². The van der Waals surface area contributed by atoms with Crippen molar-refractivity contribution in [1.29, 1.82) is 0 Å². The summed E-state index contributed by atoms with van der Waals surface area (Å²) in [5, 5.41) is 3.27. The Kier molecular flexibility index (Phi) is 28.1. The number of hydrogen-bond acceptors (Lipinski definition) is 1. The third-order valence-corrected chi connectivity index (χ3v) is 1.40. The van der Waals surface area contributed by atoms with E-state index in [9.17, 15) is 0 Å². The van der Waals surface area contributed by atoms with Gasteiger partial charge in [0.05, 0.1) is 0 Å². The van der Waals surface area contributed by atoms with Crippen LogP contribution in [0.3, 0.4) is 0 Å².